The predicted octanol–water partition coefficient (Wildman–Crippen LogP) is 2.63. The van der Waals surface area contributed by atoms with Crippen molar-refractivity contribution in [3.63, 3.8) is 0 Å². The summed E-state index contributed by atoms with van der Waals surface area (Å²) in [6.45, 7) is 2.49. The smallest absolute Gasteiger partial charge is 0.0431 e. The average Bonchev–Trinajstić information content (AvgIpc) is 2.77. The van der Waals surface area contributed by atoms with Crippen molar-refractivity contribution in [2.45, 2.75) is 30.1 Å². The van der Waals surface area contributed by atoms with Crippen LogP contribution >= 0.6 is 11.8 Å². The zero-order valence-corrected chi connectivity index (χ0v) is 11.0. The molecule has 2 nitrogen and oxygen atoms in total. The average molecular weight is 251 g/mol. The first kappa shape index (κ1) is 12.9. The van der Waals surface area contributed by atoms with Gasteiger partial charge in [-0.2, -0.15) is 0 Å². The summed E-state index contributed by atoms with van der Waals surface area (Å²) in [6.07, 6.45) is 3.23. The molecule has 3 heteroatoms. The zero-order chi connectivity index (χ0) is 11.9. The highest BCUT2D eigenvalue weighted by Crippen LogP contribution is 2.38. The van der Waals surface area contributed by atoms with Crippen molar-refractivity contribution < 1.29 is 5.11 Å². The van der Waals surface area contributed by atoms with Crippen LogP contribution in [-0.4, -0.2) is 30.6 Å². The Kier molecular flexibility index (Phi) is 5.36. The van der Waals surface area contributed by atoms with Crippen molar-refractivity contribution in [2.75, 3.05) is 25.4 Å². The van der Waals surface area contributed by atoms with Gasteiger partial charge in [-0.05, 0) is 37.4 Å². The first-order valence-electron chi connectivity index (χ1n) is 6.45. The van der Waals surface area contributed by atoms with Gasteiger partial charge in [-0.1, -0.05) is 18.2 Å². The molecule has 1 atom stereocenters. The fraction of sp³-hybridized carbons (Fsp3) is 0.571. The summed E-state index contributed by atoms with van der Waals surface area (Å²) in [5.41, 5.74) is 1.51. The largest absolute Gasteiger partial charge is 0.396 e. The second-order valence-electron chi connectivity index (χ2n) is 4.53. The lowest BCUT2D eigenvalue weighted by molar-refractivity contribution is 0.283. The fourth-order valence-corrected chi connectivity index (χ4v) is 3.47. The number of nitrogens with one attached hydrogen (secondary N) is 1. The van der Waals surface area contributed by atoms with Crippen LogP contribution in [0.5, 0.6) is 0 Å². The van der Waals surface area contributed by atoms with Gasteiger partial charge in [-0.3, -0.25) is 0 Å². The molecule has 0 fully saturated rings. The van der Waals surface area contributed by atoms with E-state index < -0.39 is 0 Å². The van der Waals surface area contributed by atoms with Gasteiger partial charge in [0.1, 0.15) is 0 Å². The molecular weight excluding hydrogens is 230 g/mol. The lowest BCUT2D eigenvalue weighted by atomic mass is 10.0. The second-order valence-corrected chi connectivity index (χ2v) is 5.60. The summed E-state index contributed by atoms with van der Waals surface area (Å²) >= 11 is 1.97. The topological polar surface area (TPSA) is 32.3 Å². The Morgan fingerprint density at radius 3 is 3.00 bits per heavy atom. The SMILES string of the molecule is OCCCCCNCC1CSc2ccccc21. The Hall–Kier alpha value is -0.510. The van der Waals surface area contributed by atoms with E-state index in [0.29, 0.717) is 12.5 Å². The van der Waals surface area contributed by atoms with Crippen molar-refractivity contribution in [3.05, 3.63) is 29.8 Å². The number of thioether (sulfide) groups is 1. The van der Waals surface area contributed by atoms with Crippen LogP contribution < -0.4 is 5.32 Å². The maximum Gasteiger partial charge on any atom is 0.0431 e. The number of rotatable bonds is 7. The Morgan fingerprint density at radius 2 is 2.12 bits per heavy atom. The predicted molar refractivity (Wildman–Crippen MR) is 73.7 cm³/mol. The van der Waals surface area contributed by atoms with E-state index in [0.717, 1.165) is 25.9 Å². The number of hydrogen-bond donors (Lipinski definition) is 2. The molecule has 1 aromatic rings. The van der Waals surface area contributed by atoms with Gasteiger partial charge in [0, 0.05) is 29.7 Å². The molecule has 1 aliphatic rings. The molecule has 0 saturated carbocycles. The molecule has 0 bridgehead atoms. The van der Waals surface area contributed by atoms with Crippen molar-refractivity contribution in [1.82, 2.24) is 5.32 Å². The summed E-state index contributed by atoms with van der Waals surface area (Å²) in [4.78, 5) is 1.46. The highest BCUT2D eigenvalue weighted by Gasteiger charge is 2.21. The Balaban J connectivity index is 1.68. The lowest BCUT2D eigenvalue weighted by Gasteiger charge is -2.11. The molecule has 94 valence electrons. The molecule has 1 aromatic carbocycles. The quantitative estimate of drug-likeness (QED) is 0.731. The Labute approximate surface area is 108 Å². The molecule has 1 unspecified atom stereocenters. The van der Waals surface area contributed by atoms with Gasteiger partial charge >= 0.3 is 0 Å². The molecule has 1 heterocycles. The summed E-state index contributed by atoms with van der Waals surface area (Å²) in [6, 6.07) is 8.74. The number of benzene rings is 1. The summed E-state index contributed by atoms with van der Waals surface area (Å²) in [5, 5.41) is 12.2. The van der Waals surface area contributed by atoms with E-state index in [9.17, 15) is 0 Å². The summed E-state index contributed by atoms with van der Waals surface area (Å²) < 4.78 is 0. The second kappa shape index (κ2) is 7.04. The third-order valence-corrected chi connectivity index (χ3v) is 4.45. The molecule has 0 aromatic heterocycles. The van der Waals surface area contributed by atoms with Crippen LogP contribution in [0.25, 0.3) is 0 Å². The number of unbranched alkanes of at least 4 members (excludes halogenated alkanes) is 2. The molecule has 0 radical (unpaired) electrons. The van der Waals surface area contributed by atoms with Gasteiger partial charge in [-0.25, -0.2) is 0 Å². The van der Waals surface area contributed by atoms with E-state index in [1.807, 2.05) is 11.8 Å². The van der Waals surface area contributed by atoms with Crippen LogP contribution in [0.1, 0.15) is 30.7 Å². The summed E-state index contributed by atoms with van der Waals surface area (Å²) in [7, 11) is 0. The monoisotopic (exact) mass is 251 g/mol. The number of fused-ring (bicyclic) bond motifs is 1. The van der Waals surface area contributed by atoms with Crippen molar-refractivity contribution in [2.24, 2.45) is 0 Å². The van der Waals surface area contributed by atoms with E-state index in [2.05, 4.69) is 29.6 Å². The molecule has 0 aliphatic carbocycles. The van der Waals surface area contributed by atoms with E-state index in [4.69, 9.17) is 5.11 Å². The van der Waals surface area contributed by atoms with E-state index in [1.54, 1.807) is 0 Å². The van der Waals surface area contributed by atoms with Gasteiger partial charge in [0.15, 0.2) is 0 Å². The molecule has 17 heavy (non-hydrogen) atoms. The van der Waals surface area contributed by atoms with E-state index in [-0.39, 0.29) is 0 Å². The first-order chi connectivity index (χ1) is 8.42. The lowest BCUT2D eigenvalue weighted by Crippen LogP contribution is -2.22. The number of hydrogen-bond acceptors (Lipinski definition) is 3. The maximum absolute atomic E-state index is 8.68. The molecule has 0 saturated heterocycles. The Bertz CT molecular complexity index is 343. The van der Waals surface area contributed by atoms with Gasteiger partial charge < -0.3 is 10.4 Å². The van der Waals surface area contributed by atoms with Crippen molar-refractivity contribution in [3.8, 4) is 0 Å². The van der Waals surface area contributed by atoms with E-state index in [1.165, 1.54) is 22.6 Å². The van der Waals surface area contributed by atoms with Crippen LogP contribution in [0.3, 0.4) is 0 Å². The highest BCUT2D eigenvalue weighted by molar-refractivity contribution is 7.99. The van der Waals surface area contributed by atoms with Gasteiger partial charge in [0.25, 0.3) is 0 Å². The van der Waals surface area contributed by atoms with Crippen LogP contribution in [0.15, 0.2) is 29.2 Å². The highest BCUT2D eigenvalue weighted by atomic mass is 32.2. The molecule has 2 rings (SSSR count). The zero-order valence-electron chi connectivity index (χ0n) is 10.2. The summed E-state index contributed by atoms with van der Waals surface area (Å²) in [5.74, 6) is 1.89. The molecular formula is C14H21NOS. The number of aliphatic hydroxyl groups is 1. The fourth-order valence-electron chi connectivity index (χ4n) is 2.21. The first-order valence-corrected chi connectivity index (χ1v) is 7.43. The van der Waals surface area contributed by atoms with Crippen LogP contribution in [0.2, 0.25) is 0 Å². The maximum atomic E-state index is 8.68. The van der Waals surface area contributed by atoms with Crippen molar-refractivity contribution >= 4 is 11.8 Å². The minimum atomic E-state index is 0.326. The van der Waals surface area contributed by atoms with Gasteiger partial charge in [0.05, 0.1) is 0 Å². The standard InChI is InChI=1S/C14H21NOS/c16-9-5-1-4-8-15-10-12-11-17-14-7-3-2-6-13(12)14/h2-3,6-7,12,15-16H,1,4-5,8-11H2. The molecule has 1 aliphatic heterocycles. The minimum absolute atomic E-state index is 0.326. The Morgan fingerprint density at radius 1 is 1.24 bits per heavy atom. The third kappa shape index (κ3) is 3.73. The van der Waals surface area contributed by atoms with E-state index >= 15 is 0 Å². The van der Waals surface area contributed by atoms with Gasteiger partial charge in [-0.15, -0.1) is 11.8 Å². The van der Waals surface area contributed by atoms with Crippen LogP contribution in [0, 0.1) is 0 Å². The normalized spacial score (nSPS) is 18.3. The molecule has 2 N–H and O–H groups in total. The van der Waals surface area contributed by atoms with Crippen LogP contribution in [-0.2, 0) is 0 Å². The minimum Gasteiger partial charge on any atom is -0.396 e. The third-order valence-electron chi connectivity index (χ3n) is 3.20. The molecule has 0 amide bonds. The van der Waals surface area contributed by atoms with Crippen molar-refractivity contribution in [1.29, 1.82) is 0 Å². The van der Waals surface area contributed by atoms with Crippen LogP contribution in [0.4, 0.5) is 0 Å². The molecule has 0 spiro atoms. The van der Waals surface area contributed by atoms with Gasteiger partial charge in [0.2, 0.25) is 0 Å². The number of aliphatic hydroxyl groups excluding tert-OH is 1.